The number of ether oxygens (including phenoxy) is 1. The molecule has 0 aromatic heterocycles. The van der Waals surface area contributed by atoms with E-state index in [4.69, 9.17) is 10.5 Å². The lowest BCUT2D eigenvalue weighted by Crippen LogP contribution is -2.46. The zero-order chi connectivity index (χ0) is 16.8. The molecule has 0 radical (unpaired) electrons. The Morgan fingerprint density at radius 2 is 2.00 bits per heavy atom. The van der Waals surface area contributed by atoms with Crippen LogP contribution in [0.2, 0.25) is 0 Å². The zero-order valence-electron chi connectivity index (χ0n) is 13.9. The molecule has 1 aromatic rings. The molecule has 2 N–H and O–H groups in total. The number of halogens is 1. The van der Waals surface area contributed by atoms with Crippen molar-refractivity contribution in [2.45, 2.75) is 31.4 Å². The molecule has 128 valence electrons. The third kappa shape index (κ3) is 4.65. The second kappa shape index (κ2) is 8.26. The predicted octanol–water partition coefficient (Wildman–Crippen LogP) is 1.62. The average Bonchev–Trinajstić information content (AvgIpc) is 2.59. The Labute approximate surface area is 137 Å². The van der Waals surface area contributed by atoms with Gasteiger partial charge in [-0.25, -0.2) is 4.39 Å². The molecule has 1 amide bonds. The van der Waals surface area contributed by atoms with Crippen molar-refractivity contribution in [1.29, 1.82) is 0 Å². The van der Waals surface area contributed by atoms with Crippen LogP contribution in [0.5, 0.6) is 0 Å². The molecular formula is C17H26FN3O2. The van der Waals surface area contributed by atoms with E-state index in [2.05, 4.69) is 4.90 Å². The number of nitrogens with zero attached hydrogens (tertiary/aromatic N) is 2. The summed E-state index contributed by atoms with van der Waals surface area (Å²) in [6, 6.07) is 6.79. The Kier molecular flexibility index (Phi) is 6.36. The first-order chi connectivity index (χ1) is 11.0. The van der Waals surface area contributed by atoms with Crippen LogP contribution in [-0.2, 0) is 9.53 Å². The Hall–Kier alpha value is -1.66. The normalized spacial score (nSPS) is 17.1. The highest BCUT2D eigenvalue weighted by molar-refractivity contribution is 5.76. The van der Waals surface area contributed by atoms with Gasteiger partial charge in [0.25, 0.3) is 0 Å². The van der Waals surface area contributed by atoms with Gasteiger partial charge in [-0.3, -0.25) is 4.79 Å². The molecule has 1 saturated heterocycles. The number of benzene rings is 1. The molecule has 23 heavy (non-hydrogen) atoms. The lowest BCUT2D eigenvalue weighted by molar-refractivity contribution is -0.134. The third-order valence-electron chi connectivity index (χ3n) is 4.60. The van der Waals surface area contributed by atoms with Crippen molar-refractivity contribution in [3.63, 3.8) is 0 Å². The number of nitrogens with two attached hydrogens (primary N) is 1. The molecular weight excluding hydrogens is 297 g/mol. The monoisotopic (exact) mass is 323 g/mol. The van der Waals surface area contributed by atoms with Crippen LogP contribution < -0.4 is 10.6 Å². The van der Waals surface area contributed by atoms with E-state index >= 15 is 0 Å². The summed E-state index contributed by atoms with van der Waals surface area (Å²) in [5.74, 6) is -0.149. The van der Waals surface area contributed by atoms with Crippen LogP contribution in [0.1, 0.15) is 19.3 Å². The number of rotatable bonds is 6. The van der Waals surface area contributed by atoms with Gasteiger partial charge >= 0.3 is 0 Å². The summed E-state index contributed by atoms with van der Waals surface area (Å²) >= 11 is 0. The molecule has 0 aliphatic carbocycles. The van der Waals surface area contributed by atoms with Crippen molar-refractivity contribution in [3.05, 3.63) is 30.1 Å². The van der Waals surface area contributed by atoms with Crippen molar-refractivity contribution in [2.75, 3.05) is 38.7 Å². The van der Waals surface area contributed by atoms with Crippen LogP contribution in [0.3, 0.4) is 0 Å². The Balaban J connectivity index is 1.85. The van der Waals surface area contributed by atoms with Crippen molar-refractivity contribution in [3.8, 4) is 0 Å². The highest BCUT2D eigenvalue weighted by Gasteiger charge is 2.26. The first kappa shape index (κ1) is 17.7. The smallest absolute Gasteiger partial charge is 0.225 e. The minimum absolute atomic E-state index is 0.0718. The molecule has 0 bridgehead atoms. The largest absolute Gasteiger partial charge is 0.380 e. The molecule has 2 rings (SSSR count). The van der Waals surface area contributed by atoms with Gasteiger partial charge in [-0.2, -0.15) is 0 Å². The summed E-state index contributed by atoms with van der Waals surface area (Å²) in [4.78, 5) is 16.3. The SMILES string of the molecule is COC(CN)CC(=O)N(C)C1CCN(c2ccc(F)cc2)CC1. The number of amides is 1. The topological polar surface area (TPSA) is 58.8 Å². The number of carbonyl (C=O) groups is 1. The fourth-order valence-corrected chi connectivity index (χ4v) is 2.97. The summed E-state index contributed by atoms with van der Waals surface area (Å²) in [5.41, 5.74) is 6.60. The van der Waals surface area contributed by atoms with E-state index in [0.29, 0.717) is 13.0 Å². The van der Waals surface area contributed by atoms with Crippen LogP contribution in [0, 0.1) is 5.82 Å². The predicted molar refractivity (Wildman–Crippen MR) is 88.9 cm³/mol. The molecule has 1 fully saturated rings. The maximum Gasteiger partial charge on any atom is 0.225 e. The van der Waals surface area contributed by atoms with E-state index in [1.807, 2.05) is 11.9 Å². The lowest BCUT2D eigenvalue weighted by atomic mass is 10.0. The van der Waals surface area contributed by atoms with Gasteiger partial charge in [0.15, 0.2) is 0 Å². The van der Waals surface area contributed by atoms with Crippen LogP contribution >= 0.6 is 0 Å². The molecule has 1 aliphatic heterocycles. The molecule has 1 aromatic carbocycles. The Morgan fingerprint density at radius 3 is 2.52 bits per heavy atom. The van der Waals surface area contributed by atoms with E-state index in [-0.39, 0.29) is 23.9 Å². The fourth-order valence-electron chi connectivity index (χ4n) is 2.97. The maximum absolute atomic E-state index is 13.0. The number of piperidine rings is 1. The number of methoxy groups -OCH3 is 1. The van der Waals surface area contributed by atoms with Gasteiger partial charge in [0, 0.05) is 45.5 Å². The molecule has 0 spiro atoms. The summed E-state index contributed by atoms with van der Waals surface area (Å²) < 4.78 is 18.2. The minimum Gasteiger partial charge on any atom is -0.380 e. The number of anilines is 1. The zero-order valence-corrected chi connectivity index (χ0v) is 13.9. The van der Waals surface area contributed by atoms with E-state index in [1.54, 1.807) is 19.2 Å². The van der Waals surface area contributed by atoms with Crippen LogP contribution in [0.25, 0.3) is 0 Å². The average molecular weight is 323 g/mol. The number of hydrogen-bond acceptors (Lipinski definition) is 4. The number of hydrogen-bond donors (Lipinski definition) is 1. The summed E-state index contributed by atoms with van der Waals surface area (Å²) in [5, 5.41) is 0. The third-order valence-corrected chi connectivity index (χ3v) is 4.60. The molecule has 1 atom stereocenters. The second-order valence-electron chi connectivity index (χ2n) is 6.00. The molecule has 0 saturated carbocycles. The Morgan fingerprint density at radius 1 is 1.39 bits per heavy atom. The summed E-state index contributed by atoms with van der Waals surface area (Å²) in [7, 11) is 3.43. The van der Waals surface area contributed by atoms with Crippen molar-refractivity contribution < 1.29 is 13.9 Å². The lowest BCUT2D eigenvalue weighted by Gasteiger charge is -2.38. The van der Waals surface area contributed by atoms with Gasteiger partial charge in [0.1, 0.15) is 5.82 Å². The first-order valence-electron chi connectivity index (χ1n) is 8.04. The maximum atomic E-state index is 13.0. The van der Waals surface area contributed by atoms with Gasteiger partial charge in [-0.05, 0) is 37.1 Å². The summed E-state index contributed by atoms with van der Waals surface area (Å²) in [6.45, 7) is 2.07. The highest BCUT2D eigenvalue weighted by atomic mass is 19.1. The van der Waals surface area contributed by atoms with Crippen molar-refractivity contribution in [2.24, 2.45) is 5.73 Å². The van der Waals surface area contributed by atoms with Crippen molar-refractivity contribution in [1.82, 2.24) is 4.90 Å². The Bertz CT molecular complexity index is 497. The summed E-state index contributed by atoms with van der Waals surface area (Å²) in [6.07, 6.45) is 1.91. The van der Waals surface area contributed by atoms with E-state index < -0.39 is 0 Å². The van der Waals surface area contributed by atoms with Crippen molar-refractivity contribution >= 4 is 11.6 Å². The standard InChI is InChI=1S/C17H26FN3O2/c1-20(17(22)11-16(12-19)23-2)14-7-9-21(10-8-14)15-5-3-13(18)4-6-15/h3-6,14,16H,7-12,19H2,1-2H3. The van der Waals surface area contributed by atoms with Gasteiger partial charge in [0.2, 0.25) is 5.91 Å². The fraction of sp³-hybridized carbons (Fsp3) is 0.588. The van der Waals surface area contributed by atoms with Gasteiger partial charge in [-0.1, -0.05) is 0 Å². The molecule has 1 heterocycles. The van der Waals surface area contributed by atoms with E-state index in [1.165, 1.54) is 12.1 Å². The number of carbonyl (C=O) groups excluding carboxylic acids is 1. The second-order valence-corrected chi connectivity index (χ2v) is 6.00. The molecule has 5 nitrogen and oxygen atoms in total. The quantitative estimate of drug-likeness (QED) is 0.864. The van der Waals surface area contributed by atoms with Crippen LogP contribution in [-0.4, -0.2) is 56.7 Å². The molecule has 6 heteroatoms. The van der Waals surface area contributed by atoms with Crippen LogP contribution in [0.15, 0.2) is 24.3 Å². The molecule has 1 aliphatic rings. The first-order valence-corrected chi connectivity index (χ1v) is 8.04. The van der Waals surface area contributed by atoms with E-state index in [0.717, 1.165) is 31.6 Å². The van der Waals surface area contributed by atoms with Crippen LogP contribution in [0.4, 0.5) is 10.1 Å². The molecule has 1 unspecified atom stereocenters. The minimum atomic E-state index is -0.221. The van der Waals surface area contributed by atoms with E-state index in [9.17, 15) is 9.18 Å². The van der Waals surface area contributed by atoms with Gasteiger partial charge in [-0.15, -0.1) is 0 Å². The van der Waals surface area contributed by atoms with Gasteiger partial charge in [0.05, 0.1) is 12.5 Å². The highest BCUT2D eigenvalue weighted by Crippen LogP contribution is 2.22. The van der Waals surface area contributed by atoms with Gasteiger partial charge < -0.3 is 20.3 Å².